The van der Waals surface area contributed by atoms with Crippen LogP contribution in [0.2, 0.25) is 0 Å². The fourth-order valence-corrected chi connectivity index (χ4v) is 3.49. The number of hydrogen-bond acceptors (Lipinski definition) is 9. The molecule has 0 aliphatic rings. The summed E-state index contributed by atoms with van der Waals surface area (Å²) >= 11 is 1.28. The lowest BCUT2D eigenvalue weighted by molar-refractivity contribution is -0.392. The van der Waals surface area contributed by atoms with E-state index in [2.05, 4.69) is 15.5 Å². The zero-order chi connectivity index (χ0) is 20.3. The van der Waals surface area contributed by atoms with Crippen LogP contribution in [0.3, 0.4) is 0 Å². The van der Waals surface area contributed by atoms with Gasteiger partial charge in [-0.15, -0.1) is 10.2 Å². The number of nitro groups is 2. The number of nitrogens with one attached hydrogen (secondary N) is 1. The highest BCUT2D eigenvalue weighted by Gasteiger charge is 2.30. The highest BCUT2D eigenvalue weighted by atomic mass is 32.1. The highest BCUT2D eigenvalue weighted by molar-refractivity contribution is 7.14. The second kappa shape index (κ2) is 8.06. The van der Waals surface area contributed by atoms with E-state index in [1.165, 1.54) is 18.3 Å². The second-order valence-electron chi connectivity index (χ2n) is 5.80. The summed E-state index contributed by atoms with van der Waals surface area (Å²) in [5.41, 5.74) is 0.0433. The minimum atomic E-state index is -0.719. The lowest BCUT2D eigenvalue weighted by atomic mass is 10.0. The first kappa shape index (κ1) is 19.3. The van der Waals surface area contributed by atoms with Crippen molar-refractivity contribution in [1.82, 2.24) is 10.2 Å². The summed E-state index contributed by atoms with van der Waals surface area (Å²) in [6, 6.07) is 10.5. The number of aromatic nitrogens is 2. The predicted molar refractivity (Wildman–Crippen MR) is 103 cm³/mol. The fourth-order valence-electron chi connectivity index (χ4n) is 2.70. The lowest BCUT2D eigenvalue weighted by Gasteiger charge is -2.11. The zero-order valence-corrected chi connectivity index (χ0v) is 15.5. The second-order valence-corrected chi connectivity index (χ2v) is 6.86. The smallest absolute Gasteiger partial charge is 0.302 e. The Labute approximate surface area is 162 Å². The molecule has 0 amide bonds. The molecule has 0 saturated carbocycles. The van der Waals surface area contributed by atoms with E-state index < -0.39 is 27.8 Å². The van der Waals surface area contributed by atoms with E-state index in [4.69, 9.17) is 0 Å². The normalized spacial score (nSPS) is 10.6. The molecule has 0 radical (unpaired) electrons. The van der Waals surface area contributed by atoms with Crippen molar-refractivity contribution in [1.29, 1.82) is 0 Å². The van der Waals surface area contributed by atoms with E-state index in [1.807, 2.05) is 30.3 Å². The molecule has 3 rings (SSSR count). The number of nitrogens with zero attached hydrogens (tertiary/aromatic N) is 4. The molecule has 0 spiro atoms. The first-order valence-electron chi connectivity index (χ1n) is 8.10. The van der Waals surface area contributed by atoms with Gasteiger partial charge in [-0.2, -0.15) is 0 Å². The number of rotatable bonds is 7. The zero-order valence-electron chi connectivity index (χ0n) is 14.7. The molecular weight excluding hydrogens is 386 g/mol. The van der Waals surface area contributed by atoms with E-state index in [0.29, 0.717) is 10.0 Å². The van der Waals surface area contributed by atoms with Gasteiger partial charge in [0.05, 0.1) is 23.0 Å². The summed E-state index contributed by atoms with van der Waals surface area (Å²) in [4.78, 5) is 21.5. The van der Waals surface area contributed by atoms with E-state index in [9.17, 15) is 25.3 Å². The van der Waals surface area contributed by atoms with Gasteiger partial charge >= 0.3 is 5.69 Å². The largest absolute Gasteiger partial charge is 0.392 e. The van der Waals surface area contributed by atoms with Crippen LogP contribution >= 0.6 is 11.3 Å². The molecule has 3 aromatic rings. The highest BCUT2D eigenvalue weighted by Crippen LogP contribution is 2.39. The van der Waals surface area contributed by atoms with Crippen molar-refractivity contribution in [2.24, 2.45) is 0 Å². The van der Waals surface area contributed by atoms with Crippen molar-refractivity contribution >= 4 is 28.4 Å². The van der Waals surface area contributed by atoms with Gasteiger partial charge in [0, 0.05) is 17.2 Å². The Hall–Kier alpha value is -3.44. The molecular formula is C17H15N5O5S. The number of nitro benzene ring substituents is 2. The summed E-state index contributed by atoms with van der Waals surface area (Å²) < 4.78 is 0. The molecule has 1 heterocycles. The topological polar surface area (TPSA) is 144 Å². The van der Waals surface area contributed by atoms with Crippen LogP contribution in [0.5, 0.6) is 0 Å². The third kappa shape index (κ3) is 3.80. The summed E-state index contributed by atoms with van der Waals surface area (Å²) in [5.74, 6) is 0. The summed E-state index contributed by atoms with van der Waals surface area (Å²) in [6.45, 7) is 0.936. The molecule has 0 atom stereocenters. The Balaban J connectivity index is 1.94. The van der Waals surface area contributed by atoms with Gasteiger partial charge in [0.15, 0.2) is 5.69 Å². The fraction of sp³-hybridized carbons (Fsp3) is 0.176. The molecule has 144 valence electrons. The third-order valence-electron chi connectivity index (χ3n) is 4.09. The number of aliphatic hydroxyl groups excluding tert-OH is 1. The molecule has 2 N–H and O–H groups in total. The Morgan fingerprint density at radius 1 is 1.14 bits per heavy atom. The molecule has 0 unspecified atom stereocenters. The number of hydrogen-bond donors (Lipinski definition) is 2. The van der Waals surface area contributed by atoms with Gasteiger partial charge < -0.3 is 10.4 Å². The predicted octanol–water partition coefficient (Wildman–Crippen LogP) is 3.43. The van der Waals surface area contributed by atoms with Gasteiger partial charge in [0.25, 0.3) is 5.69 Å². The average Bonchev–Trinajstić information content (AvgIpc) is 3.15. The Bertz CT molecular complexity index is 1040. The molecule has 10 nitrogen and oxygen atoms in total. The van der Waals surface area contributed by atoms with Crippen molar-refractivity contribution in [2.75, 3.05) is 5.32 Å². The van der Waals surface area contributed by atoms with Crippen LogP contribution < -0.4 is 5.32 Å². The maximum atomic E-state index is 11.5. The Morgan fingerprint density at radius 2 is 1.86 bits per heavy atom. The van der Waals surface area contributed by atoms with E-state index in [0.717, 1.165) is 11.6 Å². The van der Waals surface area contributed by atoms with Crippen molar-refractivity contribution in [3.05, 3.63) is 72.8 Å². The molecule has 0 bridgehead atoms. The average molecular weight is 401 g/mol. The molecule has 11 heteroatoms. The molecule has 0 aliphatic carbocycles. The van der Waals surface area contributed by atoms with Gasteiger partial charge in [-0.3, -0.25) is 20.2 Å². The van der Waals surface area contributed by atoms with Crippen LogP contribution in [-0.4, -0.2) is 25.2 Å². The van der Waals surface area contributed by atoms with Gasteiger partial charge in [0.2, 0.25) is 0 Å². The lowest BCUT2D eigenvalue weighted by Crippen LogP contribution is -2.09. The van der Waals surface area contributed by atoms with Gasteiger partial charge in [0.1, 0.15) is 10.0 Å². The minimum Gasteiger partial charge on any atom is -0.392 e. The molecule has 28 heavy (non-hydrogen) atoms. The Kier molecular flexibility index (Phi) is 5.57. The maximum Gasteiger partial charge on any atom is 0.302 e. The van der Waals surface area contributed by atoms with Gasteiger partial charge in [-0.1, -0.05) is 41.7 Å². The molecule has 0 aliphatic heterocycles. The number of aliphatic hydroxyl groups is 1. The molecule has 0 saturated heterocycles. The number of anilines is 1. The molecule has 2 aromatic carbocycles. The molecule has 1 aromatic heterocycles. The minimum absolute atomic E-state index is 0.0318. The quantitative estimate of drug-likeness (QED) is 0.452. The summed E-state index contributed by atoms with van der Waals surface area (Å²) in [6.07, 6.45) is 0. The van der Waals surface area contributed by atoms with Crippen LogP contribution in [-0.2, 0) is 13.2 Å². The van der Waals surface area contributed by atoms with Crippen LogP contribution in [0, 0.1) is 27.2 Å². The first-order valence-corrected chi connectivity index (χ1v) is 8.91. The van der Waals surface area contributed by atoms with Crippen LogP contribution in [0.25, 0.3) is 10.6 Å². The van der Waals surface area contributed by atoms with E-state index in [-0.39, 0.29) is 23.4 Å². The SMILES string of the molecule is Cc1c(CO)cc([N+](=O)[O-])c(NCc2nnc(-c3ccccc3)s2)c1[N+](=O)[O-]. The number of benzene rings is 2. The van der Waals surface area contributed by atoms with Crippen LogP contribution in [0.4, 0.5) is 17.1 Å². The van der Waals surface area contributed by atoms with Gasteiger partial charge in [-0.05, 0) is 12.5 Å². The third-order valence-corrected chi connectivity index (χ3v) is 5.07. The van der Waals surface area contributed by atoms with Crippen molar-refractivity contribution in [2.45, 2.75) is 20.1 Å². The standard InChI is InChI=1S/C17H15N5O5S/c1-10-12(9-23)7-13(21(24)25)15(16(10)22(26)27)18-8-14-19-20-17(28-14)11-5-3-2-4-6-11/h2-7,18,23H,8-9H2,1H3. The van der Waals surface area contributed by atoms with Gasteiger partial charge in [-0.25, -0.2) is 0 Å². The van der Waals surface area contributed by atoms with E-state index in [1.54, 1.807) is 0 Å². The van der Waals surface area contributed by atoms with Crippen LogP contribution in [0.1, 0.15) is 16.1 Å². The monoisotopic (exact) mass is 401 g/mol. The van der Waals surface area contributed by atoms with E-state index >= 15 is 0 Å². The van der Waals surface area contributed by atoms with Crippen molar-refractivity contribution in [3.63, 3.8) is 0 Å². The van der Waals surface area contributed by atoms with Crippen molar-refractivity contribution in [3.8, 4) is 10.6 Å². The maximum absolute atomic E-state index is 11.5. The van der Waals surface area contributed by atoms with Crippen LogP contribution in [0.15, 0.2) is 36.4 Å². The Morgan fingerprint density at radius 3 is 2.46 bits per heavy atom. The molecule has 0 fully saturated rings. The van der Waals surface area contributed by atoms with Crippen molar-refractivity contribution < 1.29 is 15.0 Å². The first-order chi connectivity index (χ1) is 13.4. The summed E-state index contributed by atoms with van der Waals surface area (Å²) in [7, 11) is 0. The summed E-state index contributed by atoms with van der Waals surface area (Å²) in [5, 5.41) is 44.4.